The van der Waals surface area contributed by atoms with Crippen LogP contribution in [0.1, 0.15) is 76.5 Å². The number of rotatable bonds is 4. The molecule has 1 unspecified atom stereocenters. The lowest BCUT2D eigenvalue weighted by Crippen LogP contribution is -2.62. The topological polar surface area (TPSA) is 8.81 Å². The van der Waals surface area contributed by atoms with E-state index in [0.29, 0.717) is 5.92 Å². The van der Waals surface area contributed by atoms with Crippen LogP contribution in [0.15, 0.2) is 115 Å². The Bertz CT molecular complexity index is 2360. The van der Waals surface area contributed by atoms with Crippen molar-refractivity contribution in [2.24, 2.45) is 0 Å². The first kappa shape index (κ1) is 27.6. The molecule has 46 heavy (non-hydrogen) atoms. The molecule has 2 nitrogen and oxygen atoms in total. The molecule has 0 spiro atoms. The third-order valence-corrected chi connectivity index (χ3v) is 11.9. The molecule has 2 heteroatoms. The first-order valence-electron chi connectivity index (χ1n) is 17.2. The van der Waals surface area contributed by atoms with Gasteiger partial charge in [0.05, 0.1) is 27.7 Å². The van der Waals surface area contributed by atoms with Crippen LogP contribution in [0.5, 0.6) is 0 Å². The van der Waals surface area contributed by atoms with Crippen molar-refractivity contribution in [3.05, 3.63) is 132 Å². The maximum Gasteiger partial charge on any atom is 0.221 e. The predicted molar refractivity (Wildman–Crippen MR) is 193 cm³/mol. The second kappa shape index (κ2) is 9.66. The van der Waals surface area contributed by atoms with E-state index in [2.05, 4.69) is 159 Å². The fourth-order valence-electron chi connectivity index (χ4n) is 9.58. The van der Waals surface area contributed by atoms with Crippen LogP contribution in [0.3, 0.4) is 0 Å². The first-order chi connectivity index (χ1) is 22.4. The Morgan fingerprint density at radius 1 is 0.674 bits per heavy atom. The normalized spacial score (nSPS) is 17.2. The number of hydrogen-bond acceptors (Lipinski definition) is 0. The second-order valence-corrected chi connectivity index (χ2v) is 14.1. The Labute approximate surface area is 271 Å². The fourth-order valence-corrected chi connectivity index (χ4v) is 9.58. The fraction of sp³-hybridized carbons (Fsp3) is 0.250. The molecule has 0 aliphatic carbocycles. The van der Waals surface area contributed by atoms with Crippen molar-refractivity contribution in [1.29, 1.82) is 0 Å². The molecule has 4 heterocycles. The SMILES string of the molecule is CCC1c2ccc(-c3ccc4c(c3)C(C)(C)c3cccc5c6ccccc6n-4c35)cc2-c2c3ccccc3cc[n+]2C1(CC)CC. The summed E-state index contributed by atoms with van der Waals surface area (Å²) in [6.07, 6.45) is 5.73. The summed E-state index contributed by atoms with van der Waals surface area (Å²) in [6, 6.07) is 41.6. The molecule has 0 bridgehead atoms. The summed E-state index contributed by atoms with van der Waals surface area (Å²) in [5.41, 5.74) is 13.5. The number of hydrogen-bond donors (Lipinski definition) is 0. The van der Waals surface area contributed by atoms with Crippen LogP contribution in [0.2, 0.25) is 0 Å². The van der Waals surface area contributed by atoms with E-state index in [1.165, 1.54) is 77.3 Å². The summed E-state index contributed by atoms with van der Waals surface area (Å²) >= 11 is 0. The largest absolute Gasteiger partial charge is 0.309 e. The van der Waals surface area contributed by atoms with Gasteiger partial charge in [0, 0.05) is 41.0 Å². The van der Waals surface area contributed by atoms with Crippen molar-refractivity contribution in [3.63, 3.8) is 0 Å². The van der Waals surface area contributed by atoms with E-state index in [1.807, 2.05) is 0 Å². The highest BCUT2D eigenvalue weighted by Crippen LogP contribution is 2.51. The van der Waals surface area contributed by atoms with E-state index in [4.69, 9.17) is 0 Å². The Hall–Kier alpha value is -4.69. The van der Waals surface area contributed by atoms with Crippen molar-refractivity contribution in [2.75, 3.05) is 0 Å². The van der Waals surface area contributed by atoms with E-state index in [-0.39, 0.29) is 11.0 Å². The summed E-state index contributed by atoms with van der Waals surface area (Å²) in [7, 11) is 0. The lowest BCUT2D eigenvalue weighted by Gasteiger charge is -2.40. The monoisotopic (exact) mass is 597 g/mol. The minimum absolute atomic E-state index is 0.0662. The smallest absolute Gasteiger partial charge is 0.221 e. The van der Waals surface area contributed by atoms with Gasteiger partial charge in [-0.25, -0.2) is 0 Å². The standard InChI is InChI=1S/C44H41N2/c1-6-36-32-22-20-29(26-35(32)41-31-15-10-9-14-28(31)24-25-45(41)44(36,7-2)8-3)30-21-23-40-38(27-30)43(4,5)37-18-13-17-34-33-16-11-12-19-39(33)46(40)42(34)37/h9-27,36H,6-8H2,1-5H3/q+1. The maximum absolute atomic E-state index is 2.66. The molecule has 2 aliphatic heterocycles. The van der Waals surface area contributed by atoms with Gasteiger partial charge in [-0.2, -0.15) is 4.57 Å². The van der Waals surface area contributed by atoms with Crippen LogP contribution < -0.4 is 4.57 Å². The van der Waals surface area contributed by atoms with Crippen LogP contribution in [0, 0.1) is 0 Å². The van der Waals surface area contributed by atoms with E-state index in [9.17, 15) is 0 Å². The number of benzene rings is 5. The van der Waals surface area contributed by atoms with Crippen LogP contribution in [-0.4, -0.2) is 4.57 Å². The summed E-state index contributed by atoms with van der Waals surface area (Å²) in [4.78, 5) is 0. The molecule has 0 saturated heterocycles. The predicted octanol–water partition coefficient (Wildman–Crippen LogP) is 11.2. The summed E-state index contributed by atoms with van der Waals surface area (Å²) in [5, 5.41) is 5.32. The average Bonchev–Trinajstić information content (AvgIpc) is 3.44. The minimum Gasteiger partial charge on any atom is -0.309 e. The molecular weight excluding hydrogens is 556 g/mol. The van der Waals surface area contributed by atoms with Gasteiger partial charge in [-0.05, 0) is 70.0 Å². The van der Waals surface area contributed by atoms with E-state index in [1.54, 1.807) is 0 Å². The quantitative estimate of drug-likeness (QED) is 0.179. The maximum atomic E-state index is 2.66. The third kappa shape index (κ3) is 3.40. The molecule has 0 fully saturated rings. The molecule has 2 aliphatic rings. The highest BCUT2D eigenvalue weighted by atomic mass is 15.1. The zero-order chi connectivity index (χ0) is 31.4. The zero-order valence-electron chi connectivity index (χ0n) is 27.6. The molecule has 1 atom stereocenters. The zero-order valence-corrected chi connectivity index (χ0v) is 27.6. The lowest BCUT2D eigenvalue weighted by molar-refractivity contribution is -0.761. The molecule has 0 amide bonds. The Kier molecular flexibility index (Phi) is 5.80. The van der Waals surface area contributed by atoms with Crippen molar-refractivity contribution < 1.29 is 4.57 Å². The molecular formula is C44H41N2+. The summed E-state index contributed by atoms with van der Waals surface area (Å²) < 4.78 is 5.17. The van der Waals surface area contributed by atoms with E-state index in [0.717, 1.165) is 19.3 Å². The number of aromatic nitrogens is 2. The van der Waals surface area contributed by atoms with Crippen molar-refractivity contribution in [2.45, 2.75) is 70.8 Å². The molecule has 9 rings (SSSR count). The van der Waals surface area contributed by atoms with E-state index < -0.39 is 0 Å². The third-order valence-electron chi connectivity index (χ3n) is 11.9. The lowest BCUT2D eigenvalue weighted by atomic mass is 9.68. The van der Waals surface area contributed by atoms with Gasteiger partial charge in [0.1, 0.15) is 0 Å². The van der Waals surface area contributed by atoms with Gasteiger partial charge in [0.2, 0.25) is 5.69 Å². The van der Waals surface area contributed by atoms with Crippen LogP contribution in [0.4, 0.5) is 0 Å². The van der Waals surface area contributed by atoms with Gasteiger partial charge in [-0.15, -0.1) is 0 Å². The highest BCUT2D eigenvalue weighted by molar-refractivity contribution is 6.11. The van der Waals surface area contributed by atoms with Gasteiger partial charge in [-0.3, -0.25) is 0 Å². The van der Waals surface area contributed by atoms with Crippen molar-refractivity contribution in [3.8, 4) is 28.1 Å². The summed E-state index contributed by atoms with van der Waals surface area (Å²) in [6.45, 7) is 11.9. The second-order valence-electron chi connectivity index (χ2n) is 14.1. The molecule has 5 aromatic carbocycles. The molecule has 0 radical (unpaired) electrons. The van der Waals surface area contributed by atoms with E-state index >= 15 is 0 Å². The van der Waals surface area contributed by atoms with Gasteiger partial charge in [0.25, 0.3) is 0 Å². The number of pyridine rings is 1. The molecule has 0 N–H and O–H groups in total. The van der Waals surface area contributed by atoms with Crippen molar-refractivity contribution >= 4 is 32.6 Å². The number of nitrogens with zero attached hydrogens (tertiary/aromatic N) is 2. The molecule has 7 aromatic rings. The van der Waals surface area contributed by atoms with Crippen LogP contribution >= 0.6 is 0 Å². The van der Waals surface area contributed by atoms with Crippen LogP contribution in [-0.2, 0) is 11.0 Å². The van der Waals surface area contributed by atoms with Gasteiger partial charge in [-0.1, -0.05) is 107 Å². The highest BCUT2D eigenvalue weighted by Gasteiger charge is 2.51. The Balaban J connectivity index is 1.29. The van der Waals surface area contributed by atoms with Crippen molar-refractivity contribution in [1.82, 2.24) is 4.57 Å². The minimum atomic E-state index is -0.128. The number of para-hydroxylation sites is 2. The van der Waals surface area contributed by atoms with Crippen LogP contribution in [0.25, 0.3) is 60.6 Å². The van der Waals surface area contributed by atoms with Gasteiger partial charge in [0.15, 0.2) is 11.7 Å². The molecule has 0 saturated carbocycles. The average molecular weight is 598 g/mol. The Morgan fingerprint density at radius 2 is 1.39 bits per heavy atom. The van der Waals surface area contributed by atoms with Gasteiger partial charge < -0.3 is 4.57 Å². The molecule has 2 aromatic heterocycles. The Morgan fingerprint density at radius 3 is 2.20 bits per heavy atom. The number of fused-ring (bicyclic) bond motifs is 10. The first-order valence-corrected chi connectivity index (χ1v) is 17.2. The summed E-state index contributed by atoms with van der Waals surface area (Å²) in [5.74, 6) is 0.466. The van der Waals surface area contributed by atoms with Gasteiger partial charge >= 0.3 is 0 Å². The molecule has 226 valence electrons.